The number of halogens is 2. The molecule has 3 heterocycles. The molecule has 158 valence electrons. The zero-order valence-corrected chi connectivity index (χ0v) is 19.4. The molecule has 1 fully saturated rings. The Balaban J connectivity index is 1.49. The largest absolute Gasteiger partial charge is 0.497 e. The number of benzene rings is 1. The Morgan fingerprint density at radius 3 is 2.70 bits per heavy atom. The number of hydrogen-bond donors (Lipinski definition) is 0. The summed E-state index contributed by atoms with van der Waals surface area (Å²) >= 11 is 9.79. The van der Waals surface area contributed by atoms with Crippen LogP contribution in [0.5, 0.6) is 11.5 Å². The summed E-state index contributed by atoms with van der Waals surface area (Å²) in [5, 5.41) is 4.77. The molecule has 1 aliphatic heterocycles. The van der Waals surface area contributed by atoms with E-state index in [4.69, 9.17) is 21.1 Å². The van der Waals surface area contributed by atoms with Gasteiger partial charge in [0.1, 0.15) is 23.1 Å². The predicted molar refractivity (Wildman–Crippen MR) is 119 cm³/mol. The first kappa shape index (κ1) is 21.0. The van der Waals surface area contributed by atoms with Gasteiger partial charge in [-0.1, -0.05) is 23.7 Å². The molecule has 0 bridgehead atoms. The van der Waals surface area contributed by atoms with E-state index in [9.17, 15) is 4.79 Å². The van der Waals surface area contributed by atoms with Crippen LogP contribution in [-0.2, 0) is 4.79 Å². The number of rotatable bonds is 6. The number of aromatic nitrogens is 2. The Labute approximate surface area is 188 Å². The number of likely N-dealkylation sites (tertiary alicyclic amines) is 1. The molecule has 1 aromatic carbocycles. The van der Waals surface area contributed by atoms with Crippen molar-refractivity contribution in [3.05, 3.63) is 57.8 Å². The van der Waals surface area contributed by atoms with Crippen LogP contribution in [0.3, 0.4) is 0 Å². The smallest absolute Gasteiger partial charge is 0.223 e. The molecule has 1 aliphatic rings. The van der Waals surface area contributed by atoms with Gasteiger partial charge in [-0.3, -0.25) is 4.79 Å². The Morgan fingerprint density at radius 2 is 2.00 bits per heavy atom. The number of carbonyl (C=O) groups excluding carboxylic acids is 1. The molecule has 2 aromatic heterocycles. The first-order valence-electron chi connectivity index (χ1n) is 9.80. The van der Waals surface area contributed by atoms with Gasteiger partial charge in [0, 0.05) is 29.6 Å². The van der Waals surface area contributed by atoms with Crippen LogP contribution in [-0.4, -0.2) is 40.2 Å². The quantitative estimate of drug-likeness (QED) is 0.478. The Morgan fingerprint density at radius 1 is 1.27 bits per heavy atom. The summed E-state index contributed by atoms with van der Waals surface area (Å²) in [6, 6.07) is 9.72. The highest BCUT2D eigenvalue weighted by molar-refractivity contribution is 9.10. The fourth-order valence-electron chi connectivity index (χ4n) is 3.92. The fourth-order valence-corrected chi connectivity index (χ4v) is 4.54. The van der Waals surface area contributed by atoms with Crippen molar-refractivity contribution in [3.63, 3.8) is 0 Å². The molecule has 1 unspecified atom stereocenters. The third kappa shape index (κ3) is 4.01. The molecule has 3 atom stereocenters. The minimum absolute atomic E-state index is 0.0116. The molecule has 0 aliphatic carbocycles. The normalized spacial score (nSPS) is 18.6. The number of amides is 1. The summed E-state index contributed by atoms with van der Waals surface area (Å²) in [4.78, 5) is 14.7. The summed E-state index contributed by atoms with van der Waals surface area (Å²) in [5.74, 6) is 1.67. The van der Waals surface area contributed by atoms with Gasteiger partial charge in [0.05, 0.1) is 24.4 Å². The summed E-state index contributed by atoms with van der Waals surface area (Å²) in [6.45, 7) is 4.70. The van der Waals surface area contributed by atoms with E-state index in [2.05, 4.69) is 28.0 Å². The van der Waals surface area contributed by atoms with Gasteiger partial charge in [-0.25, -0.2) is 4.52 Å². The lowest BCUT2D eigenvalue weighted by Gasteiger charge is -2.27. The van der Waals surface area contributed by atoms with Crippen LogP contribution < -0.4 is 9.47 Å². The molecule has 0 saturated carbocycles. The molecule has 0 N–H and O–H groups in total. The van der Waals surface area contributed by atoms with Gasteiger partial charge in [0.2, 0.25) is 5.91 Å². The topological polar surface area (TPSA) is 56.1 Å². The van der Waals surface area contributed by atoms with Gasteiger partial charge in [-0.05, 0) is 53.5 Å². The Kier molecular flexibility index (Phi) is 5.93. The maximum absolute atomic E-state index is 12.8. The summed E-state index contributed by atoms with van der Waals surface area (Å²) in [6.07, 6.45) is 3.72. The molecular formula is C22H23BrClN3O3. The van der Waals surface area contributed by atoms with Crippen molar-refractivity contribution in [1.82, 2.24) is 14.5 Å². The number of nitrogens with zero attached hydrogens (tertiary/aromatic N) is 3. The third-order valence-electron chi connectivity index (χ3n) is 5.73. The maximum atomic E-state index is 12.8. The second-order valence-corrected chi connectivity index (χ2v) is 8.91. The highest BCUT2D eigenvalue weighted by atomic mass is 79.9. The molecule has 0 spiro atoms. The lowest BCUT2D eigenvalue weighted by molar-refractivity contribution is -0.129. The summed E-state index contributed by atoms with van der Waals surface area (Å²) < 4.78 is 14.0. The Bertz CT molecular complexity index is 1070. The van der Waals surface area contributed by atoms with E-state index < -0.39 is 0 Å². The second-order valence-electron chi connectivity index (χ2n) is 7.59. The number of fused-ring (bicyclic) bond motifs is 1. The SMILES string of the molecule is COc1ccc([C@@H](C)N2CC([C@@H](C)Oc3cc(Br)cn4ncc(Cl)c34)CC2=O)cc1. The van der Waals surface area contributed by atoms with Gasteiger partial charge in [0.25, 0.3) is 0 Å². The third-order valence-corrected chi connectivity index (χ3v) is 6.44. The van der Waals surface area contributed by atoms with E-state index in [1.54, 1.807) is 17.8 Å². The van der Waals surface area contributed by atoms with Crippen molar-refractivity contribution in [1.29, 1.82) is 0 Å². The van der Waals surface area contributed by atoms with Crippen LogP contribution in [0.25, 0.3) is 5.52 Å². The molecule has 1 saturated heterocycles. The summed E-state index contributed by atoms with van der Waals surface area (Å²) in [5.41, 5.74) is 1.80. The molecule has 0 radical (unpaired) electrons. The van der Waals surface area contributed by atoms with Crippen LogP contribution in [0.2, 0.25) is 5.02 Å². The zero-order chi connectivity index (χ0) is 21.4. The minimum atomic E-state index is -0.161. The van der Waals surface area contributed by atoms with E-state index in [0.717, 1.165) is 21.3 Å². The molecule has 3 aromatic rings. The van der Waals surface area contributed by atoms with Crippen molar-refractivity contribution in [2.75, 3.05) is 13.7 Å². The average molecular weight is 493 g/mol. The molecular weight excluding hydrogens is 470 g/mol. The van der Waals surface area contributed by atoms with Gasteiger partial charge >= 0.3 is 0 Å². The van der Waals surface area contributed by atoms with Gasteiger partial charge < -0.3 is 14.4 Å². The van der Waals surface area contributed by atoms with Crippen molar-refractivity contribution in [2.45, 2.75) is 32.4 Å². The molecule has 1 amide bonds. The number of pyridine rings is 1. The van der Waals surface area contributed by atoms with Gasteiger partial charge in [-0.2, -0.15) is 5.10 Å². The van der Waals surface area contributed by atoms with E-state index in [0.29, 0.717) is 23.7 Å². The zero-order valence-electron chi connectivity index (χ0n) is 17.0. The molecule has 4 rings (SSSR count). The van der Waals surface area contributed by atoms with Crippen LogP contribution in [0, 0.1) is 5.92 Å². The van der Waals surface area contributed by atoms with Crippen LogP contribution >= 0.6 is 27.5 Å². The fraction of sp³-hybridized carbons (Fsp3) is 0.364. The highest BCUT2D eigenvalue weighted by Crippen LogP contribution is 2.35. The Hall–Kier alpha value is -2.25. The van der Waals surface area contributed by atoms with E-state index >= 15 is 0 Å². The summed E-state index contributed by atoms with van der Waals surface area (Å²) in [7, 11) is 1.64. The number of hydrogen-bond acceptors (Lipinski definition) is 4. The molecule has 8 heteroatoms. The van der Waals surface area contributed by atoms with Crippen molar-refractivity contribution >= 4 is 39.0 Å². The first-order chi connectivity index (χ1) is 14.4. The van der Waals surface area contributed by atoms with E-state index in [1.807, 2.05) is 48.4 Å². The van der Waals surface area contributed by atoms with E-state index in [1.165, 1.54) is 0 Å². The molecule has 6 nitrogen and oxygen atoms in total. The van der Waals surface area contributed by atoms with E-state index in [-0.39, 0.29) is 24.0 Å². The van der Waals surface area contributed by atoms with Crippen molar-refractivity contribution < 1.29 is 14.3 Å². The maximum Gasteiger partial charge on any atom is 0.223 e. The number of methoxy groups -OCH3 is 1. The lowest BCUT2D eigenvalue weighted by atomic mass is 10.0. The van der Waals surface area contributed by atoms with Gasteiger partial charge in [-0.15, -0.1) is 0 Å². The number of carbonyl (C=O) groups is 1. The lowest BCUT2D eigenvalue weighted by Crippen LogP contribution is -2.31. The van der Waals surface area contributed by atoms with Crippen LogP contribution in [0.4, 0.5) is 0 Å². The highest BCUT2D eigenvalue weighted by Gasteiger charge is 2.37. The minimum Gasteiger partial charge on any atom is -0.497 e. The monoisotopic (exact) mass is 491 g/mol. The average Bonchev–Trinajstić information content (AvgIpc) is 3.30. The van der Waals surface area contributed by atoms with Gasteiger partial charge in [0.15, 0.2) is 0 Å². The van der Waals surface area contributed by atoms with Crippen molar-refractivity contribution in [2.24, 2.45) is 5.92 Å². The standard InChI is InChI=1S/C22H23BrClN3O3/c1-13(15-4-6-18(29-3)7-5-15)26-11-16(8-21(26)28)14(2)30-20-9-17(23)12-27-22(20)19(24)10-25-27/h4-7,9-10,12-14,16H,8,11H2,1-3H3/t13-,14-,16?/m1/s1. The van der Waals surface area contributed by atoms with Crippen molar-refractivity contribution in [3.8, 4) is 11.5 Å². The first-order valence-corrected chi connectivity index (χ1v) is 11.0. The van der Waals surface area contributed by atoms with Crippen LogP contribution in [0.1, 0.15) is 31.9 Å². The van der Waals surface area contributed by atoms with Crippen LogP contribution in [0.15, 0.2) is 47.2 Å². The second kappa shape index (κ2) is 8.47. The number of ether oxygens (including phenoxy) is 2. The molecule has 30 heavy (non-hydrogen) atoms. The predicted octanol–water partition coefficient (Wildman–Crippen LogP) is 5.14.